The summed E-state index contributed by atoms with van der Waals surface area (Å²) in [6.07, 6.45) is 1.95. The number of nitrogens with one attached hydrogen (secondary N) is 1. The first-order chi connectivity index (χ1) is 7.38. The summed E-state index contributed by atoms with van der Waals surface area (Å²) in [7, 11) is 1.99. The van der Waals surface area contributed by atoms with E-state index < -0.39 is 0 Å². The van der Waals surface area contributed by atoms with E-state index in [0.29, 0.717) is 6.04 Å². The second kappa shape index (κ2) is 5.61. The van der Waals surface area contributed by atoms with Crippen LogP contribution in [0.4, 0.5) is 0 Å². The van der Waals surface area contributed by atoms with Gasteiger partial charge in [-0.05, 0) is 35.9 Å². The van der Waals surface area contributed by atoms with E-state index in [2.05, 4.69) is 22.1 Å². The van der Waals surface area contributed by atoms with Crippen molar-refractivity contribution in [3.05, 3.63) is 22.4 Å². The summed E-state index contributed by atoms with van der Waals surface area (Å²) in [5.41, 5.74) is 1.39. The lowest BCUT2D eigenvalue weighted by molar-refractivity contribution is -0.0522. The van der Waals surface area contributed by atoms with Crippen molar-refractivity contribution in [3.8, 4) is 0 Å². The first-order valence-corrected chi connectivity index (χ1v) is 6.24. The molecule has 0 spiro atoms. The molecule has 0 aromatic carbocycles. The molecule has 0 bridgehead atoms. The fourth-order valence-electron chi connectivity index (χ4n) is 1.77. The van der Waals surface area contributed by atoms with Crippen LogP contribution in [0.5, 0.6) is 0 Å². The molecule has 15 heavy (non-hydrogen) atoms. The minimum absolute atomic E-state index is 0.0129. The highest BCUT2D eigenvalue weighted by atomic mass is 32.1. The van der Waals surface area contributed by atoms with Crippen LogP contribution in [0.25, 0.3) is 0 Å². The van der Waals surface area contributed by atoms with E-state index in [1.54, 1.807) is 11.3 Å². The topological polar surface area (TPSA) is 30.5 Å². The van der Waals surface area contributed by atoms with E-state index in [0.717, 1.165) is 26.1 Å². The highest BCUT2D eigenvalue weighted by Crippen LogP contribution is 2.15. The predicted molar refractivity (Wildman–Crippen MR) is 61.2 cm³/mol. The molecular weight excluding hydrogens is 210 g/mol. The summed E-state index contributed by atoms with van der Waals surface area (Å²) in [5, 5.41) is 7.62. The Labute approximate surface area is 94.4 Å². The molecule has 0 aliphatic carbocycles. The number of thiophene rings is 1. The lowest BCUT2D eigenvalue weighted by atomic mass is 10.1. The maximum atomic E-state index is 5.44. The Morgan fingerprint density at radius 2 is 2.33 bits per heavy atom. The highest BCUT2D eigenvalue weighted by molar-refractivity contribution is 7.07. The molecular formula is C11H17NO2S. The number of rotatable bonds is 5. The van der Waals surface area contributed by atoms with Crippen molar-refractivity contribution in [2.75, 3.05) is 20.3 Å². The highest BCUT2D eigenvalue weighted by Gasteiger charge is 2.20. The minimum atomic E-state index is -0.0129. The van der Waals surface area contributed by atoms with Crippen LogP contribution in [0.2, 0.25) is 0 Å². The molecule has 1 N–H and O–H groups in total. The van der Waals surface area contributed by atoms with E-state index in [1.165, 1.54) is 5.56 Å². The zero-order valence-electron chi connectivity index (χ0n) is 8.94. The van der Waals surface area contributed by atoms with Gasteiger partial charge in [-0.2, -0.15) is 11.3 Å². The second-order valence-electron chi connectivity index (χ2n) is 3.73. The molecule has 2 heterocycles. The van der Waals surface area contributed by atoms with Gasteiger partial charge in [0.15, 0.2) is 6.29 Å². The van der Waals surface area contributed by atoms with Crippen LogP contribution in [0.3, 0.4) is 0 Å². The van der Waals surface area contributed by atoms with E-state index in [9.17, 15) is 0 Å². The third-order valence-electron chi connectivity index (χ3n) is 2.64. The fraction of sp³-hybridized carbons (Fsp3) is 0.636. The van der Waals surface area contributed by atoms with Gasteiger partial charge in [0.25, 0.3) is 0 Å². The van der Waals surface area contributed by atoms with Gasteiger partial charge in [0.2, 0.25) is 0 Å². The van der Waals surface area contributed by atoms with Gasteiger partial charge < -0.3 is 14.8 Å². The molecule has 1 atom stereocenters. The molecule has 2 rings (SSSR count). The van der Waals surface area contributed by atoms with Gasteiger partial charge in [-0.1, -0.05) is 0 Å². The van der Waals surface area contributed by atoms with E-state index in [-0.39, 0.29) is 6.29 Å². The largest absolute Gasteiger partial charge is 0.350 e. The molecule has 3 nitrogen and oxygen atoms in total. The summed E-state index contributed by atoms with van der Waals surface area (Å²) in [5.74, 6) is 0. The van der Waals surface area contributed by atoms with E-state index in [4.69, 9.17) is 9.47 Å². The molecule has 1 aliphatic heterocycles. The summed E-state index contributed by atoms with van der Waals surface area (Å²) in [6, 6.07) is 2.61. The zero-order valence-corrected chi connectivity index (χ0v) is 9.76. The van der Waals surface area contributed by atoms with E-state index >= 15 is 0 Å². The van der Waals surface area contributed by atoms with Crippen molar-refractivity contribution in [1.29, 1.82) is 0 Å². The van der Waals surface area contributed by atoms with Crippen molar-refractivity contribution in [1.82, 2.24) is 5.32 Å². The number of likely N-dealkylation sites (N-methyl/N-ethyl adjacent to an activating group) is 1. The van der Waals surface area contributed by atoms with E-state index in [1.807, 2.05) is 7.05 Å². The first-order valence-electron chi connectivity index (χ1n) is 5.30. The number of hydrogen-bond acceptors (Lipinski definition) is 4. The van der Waals surface area contributed by atoms with Crippen LogP contribution in [0.1, 0.15) is 12.0 Å². The Bertz CT molecular complexity index is 270. The Hall–Kier alpha value is -0.420. The Kier molecular flexibility index (Phi) is 4.14. The average molecular weight is 227 g/mol. The normalized spacial score (nSPS) is 19.5. The van der Waals surface area contributed by atoms with Gasteiger partial charge in [0, 0.05) is 12.5 Å². The molecule has 1 fully saturated rings. The van der Waals surface area contributed by atoms with Crippen LogP contribution >= 0.6 is 11.3 Å². The molecule has 1 unspecified atom stereocenters. The van der Waals surface area contributed by atoms with Gasteiger partial charge >= 0.3 is 0 Å². The minimum Gasteiger partial charge on any atom is -0.350 e. The molecule has 0 amide bonds. The molecule has 4 heteroatoms. The fourth-order valence-corrected chi connectivity index (χ4v) is 2.45. The molecule has 0 saturated carbocycles. The van der Waals surface area contributed by atoms with Gasteiger partial charge in [-0.15, -0.1) is 0 Å². The SMILES string of the molecule is CNC(Cc1ccsc1)CC1OCCO1. The summed E-state index contributed by atoms with van der Waals surface area (Å²) in [4.78, 5) is 0. The molecule has 0 radical (unpaired) electrons. The Morgan fingerprint density at radius 1 is 1.53 bits per heavy atom. The maximum Gasteiger partial charge on any atom is 0.159 e. The van der Waals surface area contributed by atoms with Crippen LogP contribution in [-0.4, -0.2) is 32.6 Å². The molecule has 1 saturated heterocycles. The smallest absolute Gasteiger partial charge is 0.159 e. The lowest BCUT2D eigenvalue weighted by Gasteiger charge is -2.18. The average Bonchev–Trinajstić information content (AvgIpc) is 2.89. The summed E-state index contributed by atoms with van der Waals surface area (Å²) in [6.45, 7) is 1.47. The van der Waals surface area contributed by atoms with Crippen molar-refractivity contribution in [2.45, 2.75) is 25.2 Å². The van der Waals surface area contributed by atoms with Crippen LogP contribution in [0.15, 0.2) is 16.8 Å². The maximum absolute atomic E-state index is 5.44. The third-order valence-corrected chi connectivity index (χ3v) is 3.37. The zero-order chi connectivity index (χ0) is 10.5. The van der Waals surface area contributed by atoms with Crippen molar-refractivity contribution in [3.63, 3.8) is 0 Å². The number of hydrogen-bond donors (Lipinski definition) is 1. The number of ether oxygens (including phenoxy) is 2. The van der Waals surface area contributed by atoms with Gasteiger partial charge in [-0.25, -0.2) is 0 Å². The summed E-state index contributed by atoms with van der Waals surface area (Å²) >= 11 is 1.74. The van der Waals surface area contributed by atoms with Crippen molar-refractivity contribution < 1.29 is 9.47 Å². The third kappa shape index (κ3) is 3.28. The van der Waals surface area contributed by atoms with Gasteiger partial charge in [-0.3, -0.25) is 0 Å². The Morgan fingerprint density at radius 3 is 2.93 bits per heavy atom. The van der Waals surface area contributed by atoms with Crippen molar-refractivity contribution >= 4 is 11.3 Å². The second-order valence-corrected chi connectivity index (χ2v) is 4.51. The van der Waals surface area contributed by atoms with Crippen molar-refractivity contribution in [2.24, 2.45) is 0 Å². The first kappa shape index (κ1) is 11.1. The lowest BCUT2D eigenvalue weighted by Crippen LogP contribution is -2.32. The molecule has 84 valence electrons. The quantitative estimate of drug-likeness (QED) is 0.829. The monoisotopic (exact) mass is 227 g/mol. The Balaban J connectivity index is 1.81. The molecule has 1 aromatic heterocycles. The molecule has 1 aromatic rings. The van der Waals surface area contributed by atoms with Gasteiger partial charge in [0.05, 0.1) is 13.2 Å². The van der Waals surface area contributed by atoms with Gasteiger partial charge in [0.1, 0.15) is 0 Å². The predicted octanol–water partition coefficient (Wildman–Crippen LogP) is 1.64. The summed E-state index contributed by atoms with van der Waals surface area (Å²) < 4.78 is 10.9. The van der Waals surface area contributed by atoms with Crippen LogP contribution in [-0.2, 0) is 15.9 Å². The van der Waals surface area contributed by atoms with Crippen LogP contribution in [0, 0.1) is 0 Å². The molecule has 1 aliphatic rings. The van der Waals surface area contributed by atoms with Crippen LogP contribution < -0.4 is 5.32 Å². The standard InChI is InChI=1S/C11H17NO2S/c1-12-10(6-9-2-5-15-8-9)7-11-13-3-4-14-11/h2,5,8,10-12H,3-4,6-7H2,1H3.